The van der Waals surface area contributed by atoms with Crippen molar-refractivity contribution in [2.45, 2.75) is 39.1 Å². The minimum Gasteiger partial charge on any atom is -0.260 e. The predicted molar refractivity (Wildman–Crippen MR) is 85.2 cm³/mol. The molecule has 0 saturated heterocycles. The number of benzene rings is 1. The summed E-state index contributed by atoms with van der Waals surface area (Å²) >= 11 is 0. The smallest absolute Gasteiger partial charge is 0.260 e. The Labute approximate surface area is 132 Å². The zero-order valence-electron chi connectivity index (χ0n) is 13.5. The highest BCUT2D eigenvalue weighted by atomic mass is 32.2. The molecule has 0 aliphatic carbocycles. The van der Waals surface area contributed by atoms with Gasteiger partial charge in [0.25, 0.3) is 10.1 Å². The van der Waals surface area contributed by atoms with Crippen molar-refractivity contribution in [2.24, 2.45) is 0 Å². The summed E-state index contributed by atoms with van der Waals surface area (Å²) in [6.07, 6.45) is 0. The first-order valence-electron chi connectivity index (χ1n) is 7.23. The van der Waals surface area contributed by atoms with E-state index in [9.17, 15) is 8.42 Å². The maximum atomic E-state index is 12.1. The topological polar surface area (TPSA) is 47.3 Å². The van der Waals surface area contributed by atoms with Gasteiger partial charge >= 0.3 is 0 Å². The quantitative estimate of drug-likeness (QED) is 0.628. The Hall–Kier alpha value is -1.72. The molecule has 1 heterocycles. The van der Waals surface area contributed by atoms with Crippen LogP contribution in [0.15, 0.2) is 41.3 Å². The minimum atomic E-state index is -3.69. The van der Waals surface area contributed by atoms with E-state index in [4.69, 9.17) is 4.18 Å². The van der Waals surface area contributed by atoms with Crippen LogP contribution in [0.3, 0.4) is 0 Å². The van der Waals surface area contributed by atoms with Gasteiger partial charge in [-0.25, -0.2) is 0 Å². The van der Waals surface area contributed by atoms with E-state index in [-0.39, 0.29) is 11.5 Å². The minimum absolute atomic E-state index is 0.117. The van der Waals surface area contributed by atoms with Crippen molar-refractivity contribution in [3.8, 4) is 0 Å². The molecule has 2 aromatic rings. The van der Waals surface area contributed by atoms with Crippen LogP contribution in [-0.2, 0) is 20.8 Å². The van der Waals surface area contributed by atoms with Crippen LogP contribution < -0.4 is 4.57 Å². The van der Waals surface area contributed by atoms with E-state index in [0.29, 0.717) is 6.54 Å². The summed E-state index contributed by atoms with van der Waals surface area (Å²) in [4.78, 5) is 0.195. The van der Waals surface area contributed by atoms with E-state index in [0.717, 1.165) is 17.0 Å². The molecule has 0 aliphatic rings. The molecule has 2 rings (SSSR count). The Morgan fingerprint density at radius 3 is 2.00 bits per heavy atom. The van der Waals surface area contributed by atoms with Gasteiger partial charge in [-0.1, -0.05) is 17.7 Å². The Morgan fingerprint density at radius 2 is 1.45 bits per heavy atom. The fourth-order valence-corrected chi connectivity index (χ4v) is 3.40. The van der Waals surface area contributed by atoms with Gasteiger partial charge in [0, 0.05) is 26.0 Å². The molecule has 0 saturated carbocycles. The molecule has 0 fully saturated rings. The molecule has 5 heteroatoms. The molecular weight excluding hydrogens is 298 g/mol. The number of aryl methyl sites for hydroxylation is 4. The number of pyridine rings is 1. The third-order valence-electron chi connectivity index (χ3n) is 3.59. The van der Waals surface area contributed by atoms with Gasteiger partial charge < -0.3 is 0 Å². The molecule has 0 radical (unpaired) electrons. The lowest BCUT2D eigenvalue weighted by molar-refractivity contribution is -0.709. The second-order valence-corrected chi connectivity index (χ2v) is 7.17. The first kappa shape index (κ1) is 16.6. The van der Waals surface area contributed by atoms with Crippen molar-refractivity contribution in [3.63, 3.8) is 0 Å². The summed E-state index contributed by atoms with van der Waals surface area (Å²) in [6, 6.07) is 10.8. The highest BCUT2D eigenvalue weighted by Gasteiger charge is 2.17. The summed E-state index contributed by atoms with van der Waals surface area (Å²) in [7, 11) is -3.69. The second kappa shape index (κ2) is 6.58. The third kappa shape index (κ3) is 3.93. The van der Waals surface area contributed by atoms with Gasteiger partial charge in [-0.3, -0.25) is 4.18 Å². The maximum Gasteiger partial charge on any atom is 0.297 e. The van der Waals surface area contributed by atoms with Gasteiger partial charge in [0.15, 0.2) is 17.9 Å². The SMILES string of the molecule is Cc1ccc(S(=O)(=O)OCC[n+]2c(C)cc(C)cc2C)cc1. The number of hydrogen-bond acceptors (Lipinski definition) is 3. The second-order valence-electron chi connectivity index (χ2n) is 5.56. The van der Waals surface area contributed by atoms with Gasteiger partial charge in [-0.15, -0.1) is 0 Å². The lowest BCUT2D eigenvalue weighted by Crippen LogP contribution is -2.42. The van der Waals surface area contributed by atoms with Crippen molar-refractivity contribution in [1.82, 2.24) is 0 Å². The maximum absolute atomic E-state index is 12.1. The van der Waals surface area contributed by atoms with Crippen molar-refractivity contribution >= 4 is 10.1 Å². The van der Waals surface area contributed by atoms with Gasteiger partial charge in [-0.05, 0) is 31.5 Å². The molecule has 0 amide bonds. The number of rotatable bonds is 5. The number of hydrogen-bond donors (Lipinski definition) is 0. The first-order chi connectivity index (χ1) is 10.3. The van der Waals surface area contributed by atoms with Crippen LogP contribution in [0.4, 0.5) is 0 Å². The average Bonchev–Trinajstić information content (AvgIpc) is 2.42. The van der Waals surface area contributed by atoms with Gasteiger partial charge in [0.2, 0.25) is 0 Å². The average molecular weight is 320 g/mol. The zero-order chi connectivity index (χ0) is 16.3. The summed E-state index contributed by atoms with van der Waals surface area (Å²) in [5, 5.41) is 0. The lowest BCUT2D eigenvalue weighted by Gasteiger charge is -2.07. The molecule has 118 valence electrons. The molecule has 0 unspecified atom stereocenters. The monoisotopic (exact) mass is 320 g/mol. The predicted octanol–water partition coefficient (Wildman–Crippen LogP) is 2.61. The summed E-state index contributed by atoms with van der Waals surface area (Å²) in [5.74, 6) is 0. The normalized spacial score (nSPS) is 11.6. The van der Waals surface area contributed by atoms with Crippen LogP contribution in [-0.4, -0.2) is 15.0 Å². The van der Waals surface area contributed by atoms with Crippen LogP contribution in [0.25, 0.3) is 0 Å². The molecule has 0 atom stereocenters. The van der Waals surface area contributed by atoms with Gasteiger partial charge in [0.1, 0.15) is 6.61 Å². The van der Waals surface area contributed by atoms with E-state index >= 15 is 0 Å². The Balaban J connectivity index is 2.06. The Bertz CT molecular complexity index is 742. The Morgan fingerprint density at radius 1 is 0.909 bits per heavy atom. The summed E-state index contributed by atoms with van der Waals surface area (Å²) in [5.41, 5.74) is 4.39. The van der Waals surface area contributed by atoms with Crippen LogP contribution >= 0.6 is 0 Å². The van der Waals surface area contributed by atoms with Crippen molar-refractivity contribution < 1.29 is 17.2 Å². The fourth-order valence-electron chi connectivity index (χ4n) is 2.50. The largest absolute Gasteiger partial charge is 0.297 e. The standard InChI is InChI=1S/C17H22NO3S/c1-13-5-7-17(8-6-13)22(19,20)21-10-9-18-15(3)11-14(2)12-16(18)4/h5-8,11-12H,9-10H2,1-4H3/q+1. The zero-order valence-corrected chi connectivity index (χ0v) is 14.3. The lowest BCUT2D eigenvalue weighted by atomic mass is 10.2. The van der Waals surface area contributed by atoms with E-state index in [2.05, 4.69) is 16.7 Å². The summed E-state index contributed by atoms with van der Waals surface area (Å²) < 4.78 is 31.5. The van der Waals surface area contributed by atoms with E-state index in [1.807, 2.05) is 27.7 Å². The van der Waals surface area contributed by atoms with Crippen molar-refractivity contribution in [1.29, 1.82) is 0 Å². The molecule has 1 aromatic carbocycles. The fraction of sp³-hybridized carbons (Fsp3) is 0.353. The van der Waals surface area contributed by atoms with Crippen LogP contribution in [0.1, 0.15) is 22.5 Å². The Kier molecular flexibility index (Phi) is 4.98. The number of aromatic nitrogens is 1. The summed E-state index contributed by atoms with van der Waals surface area (Å²) in [6.45, 7) is 8.59. The third-order valence-corrected chi connectivity index (χ3v) is 4.91. The molecule has 0 bridgehead atoms. The van der Waals surface area contributed by atoms with Crippen LogP contribution in [0.5, 0.6) is 0 Å². The van der Waals surface area contributed by atoms with Crippen molar-refractivity contribution in [2.75, 3.05) is 6.61 Å². The molecule has 0 aliphatic heterocycles. The van der Waals surface area contributed by atoms with Gasteiger partial charge in [-0.2, -0.15) is 13.0 Å². The number of nitrogens with zero attached hydrogens (tertiary/aromatic N) is 1. The molecule has 0 N–H and O–H groups in total. The molecule has 22 heavy (non-hydrogen) atoms. The molecule has 0 spiro atoms. The molecule has 4 nitrogen and oxygen atoms in total. The van der Waals surface area contributed by atoms with E-state index < -0.39 is 10.1 Å². The molecule has 1 aromatic heterocycles. The first-order valence-corrected chi connectivity index (χ1v) is 8.64. The highest BCUT2D eigenvalue weighted by molar-refractivity contribution is 7.86. The molecular formula is C17H22NO3S+. The van der Waals surface area contributed by atoms with Crippen LogP contribution in [0, 0.1) is 27.7 Å². The van der Waals surface area contributed by atoms with Crippen molar-refractivity contribution in [3.05, 3.63) is 58.9 Å². The van der Waals surface area contributed by atoms with E-state index in [1.54, 1.807) is 24.3 Å². The van der Waals surface area contributed by atoms with Crippen LogP contribution in [0.2, 0.25) is 0 Å². The van der Waals surface area contributed by atoms with Gasteiger partial charge in [0.05, 0.1) is 4.90 Å². The van der Waals surface area contributed by atoms with E-state index in [1.165, 1.54) is 5.56 Å². The highest BCUT2D eigenvalue weighted by Crippen LogP contribution is 2.13.